The molecule has 0 spiro atoms. The standard InChI is InChI=1S/C33H36N8O5/c1-20(42)35-28-5-3-2-4-27(28)23-10-6-21(7-11-23)18-29(37-31(43)25-12-8-22(9-13-25)19-34-33(45)46)32(44)36-26-16-14-24(15-17-26)30-38-40-41-39-30/h2-7,10-11,14-17,22,25,29,34H,8-9,12-13,18-19H2,1H3,(H,35,42)(H,36,44)(H,37,43)(H,45,46)(H,38,39,40,41)/t22-,25-,29-/m0/s1. The first-order valence-corrected chi connectivity index (χ1v) is 15.1. The van der Waals surface area contributed by atoms with E-state index in [1.54, 1.807) is 24.3 Å². The highest BCUT2D eigenvalue weighted by Gasteiger charge is 2.30. The lowest BCUT2D eigenvalue weighted by atomic mass is 9.81. The number of carboxylic acid groups (broad SMARTS) is 1. The van der Waals surface area contributed by atoms with Crippen molar-refractivity contribution < 1.29 is 24.3 Å². The summed E-state index contributed by atoms with van der Waals surface area (Å²) in [7, 11) is 0. The number of nitrogens with zero attached hydrogens (tertiary/aromatic N) is 3. The number of rotatable bonds is 11. The Labute approximate surface area is 265 Å². The Morgan fingerprint density at radius 2 is 1.59 bits per heavy atom. The normalized spacial score (nSPS) is 16.5. The first-order valence-electron chi connectivity index (χ1n) is 15.1. The average molecular weight is 625 g/mol. The number of carbonyl (C=O) groups excluding carboxylic acids is 3. The molecule has 0 unspecified atom stereocenters. The molecule has 0 radical (unpaired) electrons. The molecule has 46 heavy (non-hydrogen) atoms. The maximum atomic E-state index is 13.6. The van der Waals surface area contributed by atoms with E-state index in [9.17, 15) is 19.2 Å². The maximum absolute atomic E-state index is 13.6. The molecule has 1 fully saturated rings. The van der Waals surface area contributed by atoms with E-state index in [0.717, 1.165) is 35.1 Å². The number of H-pyrrole nitrogens is 1. The van der Waals surface area contributed by atoms with Gasteiger partial charge in [0.05, 0.1) is 0 Å². The Balaban J connectivity index is 1.29. The number of anilines is 2. The summed E-state index contributed by atoms with van der Waals surface area (Å²) in [5, 5.41) is 34.0. The van der Waals surface area contributed by atoms with Crippen LogP contribution in [0.5, 0.6) is 0 Å². The van der Waals surface area contributed by atoms with Crippen molar-refractivity contribution in [2.45, 2.75) is 45.1 Å². The Bertz CT molecular complexity index is 1650. The van der Waals surface area contributed by atoms with Crippen molar-refractivity contribution in [1.29, 1.82) is 0 Å². The van der Waals surface area contributed by atoms with Gasteiger partial charge in [0.1, 0.15) is 6.04 Å². The van der Waals surface area contributed by atoms with Gasteiger partial charge in [-0.25, -0.2) is 4.79 Å². The van der Waals surface area contributed by atoms with Gasteiger partial charge in [0.25, 0.3) is 0 Å². The van der Waals surface area contributed by atoms with Crippen molar-refractivity contribution in [2.24, 2.45) is 11.8 Å². The van der Waals surface area contributed by atoms with Gasteiger partial charge in [0, 0.05) is 48.3 Å². The number of para-hydroxylation sites is 1. The lowest BCUT2D eigenvalue weighted by molar-refractivity contribution is -0.130. The first-order chi connectivity index (χ1) is 22.2. The van der Waals surface area contributed by atoms with Gasteiger partial charge in [-0.15, -0.1) is 10.2 Å². The molecule has 4 aromatic rings. The highest BCUT2D eigenvalue weighted by molar-refractivity contribution is 5.98. The van der Waals surface area contributed by atoms with Gasteiger partial charge in [-0.3, -0.25) is 14.4 Å². The molecule has 0 saturated heterocycles. The van der Waals surface area contributed by atoms with Crippen LogP contribution in [-0.4, -0.2) is 62.1 Å². The van der Waals surface area contributed by atoms with Crippen LogP contribution in [0.25, 0.3) is 22.5 Å². The molecule has 1 aromatic heterocycles. The molecule has 238 valence electrons. The van der Waals surface area contributed by atoms with Crippen molar-refractivity contribution in [2.75, 3.05) is 17.2 Å². The second-order valence-corrected chi connectivity index (χ2v) is 11.4. The van der Waals surface area contributed by atoms with E-state index in [2.05, 4.69) is 41.9 Å². The van der Waals surface area contributed by atoms with E-state index in [1.807, 2.05) is 48.5 Å². The van der Waals surface area contributed by atoms with Crippen molar-refractivity contribution in [3.8, 4) is 22.5 Å². The molecule has 13 heteroatoms. The van der Waals surface area contributed by atoms with E-state index in [4.69, 9.17) is 5.11 Å². The second-order valence-electron chi connectivity index (χ2n) is 11.4. The number of aromatic nitrogens is 4. The summed E-state index contributed by atoms with van der Waals surface area (Å²) >= 11 is 0. The molecular formula is C33H36N8O5. The Hall–Kier alpha value is -5.59. The maximum Gasteiger partial charge on any atom is 0.404 e. The lowest BCUT2D eigenvalue weighted by Gasteiger charge is -2.29. The third-order valence-electron chi connectivity index (χ3n) is 8.09. The van der Waals surface area contributed by atoms with E-state index in [1.165, 1.54) is 6.92 Å². The number of benzene rings is 3. The van der Waals surface area contributed by atoms with Gasteiger partial charge in [0.2, 0.25) is 23.5 Å². The van der Waals surface area contributed by atoms with E-state index in [-0.39, 0.29) is 36.0 Å². The summed E-state index contributed by atoms with van der Waals surface area (Å²) in [6.07, 6.45) is 1.89. The molecule has 5 rings (SSSR count). The van der Waals surface area contributed by atoms with Gasteiger partial charge in [0.15, 0.2) is 0 Å². The summed E-state index contributed by atoms with van der Waals surface area (Å²) in [5.41, 5.74) is 4.58. The van der Waals surface area contributed by atoms with Gasteiger partial charge in [-0.05, 0) is 78.3 Å². The molecule has 1 heterocycles. The molecule has 0 bridgehead atoms. The molecule has 1 saturated carbocycles. The minimum absolute atomic E-state index is 0.163. The van der Waals surface area contributed by atoms with Gasteiger partial charge >= 0.3 is 6.09 Å². The molecular weight excluding hydrogens is 588 g/mol. The second kappa shape index (κ2) is 14.9. The Morgan fingerprint density at radius 1 is 0.891 bits per heavy atom. The topological polar surface area (TPSA) is 191 Å². The predicted octanol–water partition coefficient (Wildman–Crippen LogP) is 4.23. The van der Waals surface area contributed by atoms with Crippen LogP contribution >= 0.6 is 0 Å². The number of hydrogen-bond donors (Lipinski definition) is 6. The third-order valence-corrected chi connectivity index (χ3v) is 8.09. The molecule has 1 aliphatic carbocycles. The quantitative estimate of drug-likeness (QED) is 0.143. The molecule has 6 N–H and O–H groups in total. The van der Waals surface area contributed by atoms with Crippen LogP contribution in [-0.2, 0) is 20.8 Å². The number of carbonyl (C=O) groups is 4. The fraction of sp³-hybridized carbons (Fsp3) is 0.303. The Kier molecular flexibility index (Phi) is 10.3. The molecule has 0 aliphatic heterocycles. The SMILES string of the molecule is CC(=O)Nc1ccccc1-c1ccc(C[C@H](NC(=O)[C@H]2CC[C@H](CNC(=O)O)CC2)C(=O)Nc2ccc(-c3nn[nH]n3)cc2)cc1. The van der Waals surface area contributed by atoms with E-state index < -0.39 is 12.1 Å². The van der Waals surface area contributed by atoms with Crippen LogP contribution in [0.4, 0.5) is 16.2 Å². The number of aromatic amines is 1. The average Bonchev–Trinajstić information content (AvgIpc) is 3.60. The van der Waals surface area contributed by atoms with Gasteiger partial charge < -0.3 is 26.4 Å². The van der Waals surface area contributed by atoms with Crippen molar-refractivity contribution in [3.05, 3.63) is 78.4 Å². The lowest BCUT2D eigenvalue weighted by Crippen LogP contribution is -2.48. The monoisotopic (exact) mass is 624 g/mol. The zero-order valence-electron chi connectivity index (χ0n) is 25.3. The fourth-order valence-corrected chi connectivity index (χ4v) is 5.66. The summed E-state index contributed by atoms with van der Waals surface area (Å²) in [5.74, 6) is -0.372. The van der Waals surface area contributed by atoms with Crippen LogP contribution < -0.4 is 21.3 Å². The minimum atomic E-state index is -1.05. The fourth-order valence-electron chi connectivity index (χ4n) is 5.66. The van der Waals surface area contributed by atoms with Gasteiger partial charge in [-0.2, -0.15) is 5.21 Å². The third kappa shape index (κ3) is 8.52. The molecule has 4 amide bonds. The summed E-state index contributed by atoms with van der Waals surface area (Å²) in [4.78, 5) is 49.6. The zero-order chi connectivity index (χ0) is 32.5. The molecule has 1 atom stereocenters. The smallest absolute Gasteiger partial charge is 0.404 e. The predicted molar refractivity (Wildman–Crippen MR) is 172 cm³/mol. The zero-order valence-corrected chi connectivity index (χ0v) is 25.3. The van der Waals surface area contributed by atoms with Crippen LogP contribution in [0.3, 0.4) is 0 Å². The van der Waals surface area contributed by atoms with Crippen LogP contribution in [0.2, 0.25) is 0 Å². The Morgan fingerprint density at radius 3 is 2.24 bits per heavy atom. The van der Waals surface area contributed by atoms with Crippen LogP contribution in [0.15, 0.2) is 72.8 Å². The molecule has 13 nitrogen and oxygen atoms in total. The minimum Gasteiger partial charge on any atom is -0.465 e. The number of hydrogen-bond acceptors (Lipinski definition) is 7. The van der Waals surface area contributed by atoms with E-state index >= 15 is 0 Å². The molecule has 3 aromatic carbocycles. The summed E-state index contributed by atoms with van der Waals surface area (Å²) < 4.78 is 0. The van der Waals surface area contributed by atoms with Crippen LogP contribution in [0.1, 0.15) is 38.2 Å². The van der Waals surface area contributed by atoms with Crippen molar-refractivity contribution >= 4 is 35.2 Å². The van der Waals surface area contributed by atoms with Crippen molar-refractivity contribution in [3.63, 3.8) is 0 Å². The largest absolute Gasteiger partial charge is 0.465 e. The number of tetrazole rings is 1. The van der Waals surface area contributed by atoms with Crippen molar-refractivity contribution in [1.82, 2.24) is 31.3 Å². The van der Waals surface area contributed by atoms with Crippen LogP contribution in [0, 0.1) is 11.8 Å². The first kappa shape index (κ1) is 31.8. The van der Waals surface area contributed by atoms with Gasteiger partial charge in [-0.1, -0.05) is 42.5 Å². The molecule has 1 aliphatic rings. The summed E-state index contributed by atoms with van der Waals surface area (Å²) in [6.45, 7) is 1.83. The number of nitrogens with one attached hydrogen (secondary N) is 5. The summed E-state index contributed by atoms with van der Waals surface area (Å²) in [6, 6.07) is 21.3. The van der Waals surface area contributed by atoms with E-state index in [0.29, 0.717) is 36.6 Å². The highest BCUT2D eigenvalue weighted by atomic mass is 16.4. The highest BCUT2D eigenvalue weighted by Crippen LogP contribution is 2.30. The number of amides is 4.